The number of hydrogen-bond donors (Lipinski definition) is 3. The van der Waals surface area contributed by atoms with Gasteiger partial charge < -0.3 is 16.4 Å². The maximum Gasteiger partial charge on any atom is 0.316 e. The van der Waals surface area contributed by atoms with E-state index in [9.17, 15) is 9.59 Å². The van der Waals surface area contributed by atoms with Gasteiger partial charge in [0.1, 0.15) is 0 Å². The first-order valence-corrected chi connectivity index (χ1v) is 7.03. The number of benzene rings is 1. The predicted molar refractivity (Wildman–Crippen MR) is 78.5 cm³/mol. The number of anilines is 1. The van der Waals surface area contributed by atoms with Gasteiger partial charge in [-0.2, -0.15) is 0 Å². The van der Waals surface area contributed by atoms with Crippen molar-refractivity contribution < 1.29 is 9.59 Å². The Labute approximate surface area is 118 Å². The van der Waals surface area contributed by atoms with Crippen molar-refractivity contribution in [1.82, 2.24) is 5.32 Å². The number of amides is 3. The normalized spacial score (nSPS) is 22.1. The van der Waals surface area contributed by atoms with Gasteiger partial charge in [-0.1, -0.05) is 25.8 Å². The highest BCUT2D eigenvalue weighted by Gasteiger charge is 2.23. The van der Waals surface area contributed by atoms with E-state index in [2.05, 4.69) is 17.6 Å². The van der Waals surface area contributed by atoms with Gasteiger partial charge in [-0.15, -0.1) is 0 Å². The minimum Gasteiger partial charge on any atom is -0.351 e. The fraction of sp³-hybridized carbons (Fsp3) is 0.467. The van der Waals surface area contributed by atoms with E-state index < -0.39 is 6.03 Å². The summed E-state index contributed by atoms with van der Waals surface area (Å²) in [5.74, 6) is 0.413. The van der Waals surface area contributed by atoms with E-state index in [0.717, 1.165) is 12.8 Å². The van der Waals surface area contributed by atoms with Crippen molar-refractivity contribution in [2.45, 2.75) is 38.6 Å². The molecule has 2 rings (SSSR count). The monoisotopic (exact) mass is 275 g/mol. The van der Waals surface area contributed by atoms with E-state index in [1.54, 1.807) is 24.3 Å². The zero-order valence-corrected chi connectivity index (χ0v) is 11.7. The van der Waals surface area contributed by atoms with Crippen LogP contribution in [-0.4, -0.2) is 18.0 Å². The summed E-state index contributed by atoms with van der Waals surface area (Å²) in [6, 6.07) is 6.39. The van der Waals surface area contributed by atoms with Crippen LogP contribution < -0.4 is 16.4 Å². The topological polar surface area (TPSA) is 84.2 Å². The SMILES string of the molecule is CC1CCCCC1NC(=O)c1cccc(NC(N)=O)c1. The third-order valence-corrected chi connectivity index (χ3v) is 3.82. The molecule has 0 heterocycles. The largest absolute Gasteiger partial charge is 0.351 e. The minimum atomic E-state index is -0.636. The van der Waals surface area contributed by atoms with Crippen LogP contribution in [0.5, 0.6) is 0 Å². The molecule has 5 heteroatoms. The lowest BCUT2D eigenvalue weighted by Gasteiger charge is -2.29. The molecular weight excluding hydrogens is 254 g/mol. The van der Waals surface area contributed by atoms with E-state index in [0.29, 0.717) is 17.2 Å². The Bertz CT molecular complexity index is 502. The molecule has 0 aliphatic heterocycles. The molecule has 0 saturated heterocycles. The zero-order chi connectivity index (χ0) is 14.5. The molecule has 0 aromatic heterocycles. The molecule has 1 aromatic carbocycles. The molecular formula is C15H21N3O2. The molecule has 1 fully saturated rings. The summed E-state index contributed by atoms with van der Waals surface area (Å²) in [6.45, 7) is 2.18. The molecule has 0 bridgehead atoms. The van der Waals surface area contributed by atoms with Gasteiger partial charge in [0.15, 0.2) is 0 Å². The number of primary amides is 1. The number of rotatable bonds is 3. The number of nitrogens with one attached hydrogen (secondary N) is 2. The van der Waals surface area contributed by atoms with Gasteiger partial charge in [-0.05, 0) is 37.0 Å². The van der Waals surface area contributed by atoms with Crippen molar-refractivity contribution in [2.24, 2.45) is 11.7 Å². The quantitative estimate of drug-likeness (QED) is 0.791. The fourth-order valence-corrected chi connectivity index (χ4v) is 2.66. The highest BCUT2D eigenvalue weighted by Crippen LogP contribution is 2.24. The molecule has 108 valence electrons. The lowest BCUT2D eigenvalue weighted by Crippen LogP contribution is -2.41. The van der Waals surface area contributed by atoms with Crippen LogP contribution in [0.1, 0.15) is 43.0 Å². The number of urea groups is 1. The van der Waals surface area contributed by atoms with Crippen LogP contribution in [0.25, 0.3) is 0 Å². The van der Waals surface area contributed by atoms with Gasteiger partial charge in [0.2, 0.25) is 0 Å². The van der Waals surface area contributed by atoms with Crippen LogP contribution in [-0.2, 0) is 0 Å². The summed E-state index contributed by atoms with van der Waals surface area (Å²) < 4.78 is 0. The Morgan fingerprint density at radius 3 is 2.70 bits per heavy atom. The maximum absolute atomic E-state index is 12.2. The Hall–Kier alpha value is -2.04. The van der Waals surface area contributed by atoms with E-state index in [4.69, 9.17) is 5.73 Å². The van der Waals surface area contributed by atoms with E-state index in [1.165, 1.54) is 12.8 Å². The second-order valence-electron chi connectivity index (χ2n) is 5.41. The summed E-state index contributed by atoms with van der Waals surface area (Å²) >= 11 is 0. The molecule has 4 N–H and O–H groups in total. The smallest absolute Gasteiger partial charge is 0.316 e. The fourth-order valence-electron chi connectivity index (χ4n) is 2.66. The highest BCUT2D eigenvalue weighted by molar-refractivity contribution is 5.96. The summed E-state index contributed by atoms with van der Waals surface area (Å²) in [6.07, 6.45) is 4.60. The van der Waals surface area contributed by atoms with Gasteiger partial charge >= 0.3 is 6.03 Å². The van der Waals surface area contributed by atoms with Crippen LogP contribution >= 0.6 is 0 Å². The predicted octanol–water partition coefficient (Wildman–Crippen LogP) is 2.49. The van der Waals surface area contributed by atoms with Crippen molar-refractivity contribution >= 4 is 17.6 Å². The number of carbonyl (C=O) groups is 2. The number of hydrogen-bond acceptors (Lipinski definition) is 2. The average molecular weight is 275 g/mol. The summed E-state index contributed by atoms with van der Waals surface area (Å²) in [5, 5.41) is 5.55. The molecule has 0 radical (unpaired) electrons. The van der Waals surface area contributed by atoms with Crippen LogP contribution in [0, 0.1) is 5.92 Å². The molecule has 2 atom stereocenters. The third-order valence-electron chi connectivity index (χ3n) is 3.82. The first-order chi connectivity index (χ1) is 9.56. The van der Waals surface area contributed by atoms with Crippen LogP contribution in [0.4, 0.5) is 10.5 Å². The molecule has 0 spiro atoms. The molecule has 1 aromatic rings. The zero-order valence-electron chi connectivity index (χ0n) is 11.7. The highest BCUT2D eigenvalue weighted by atomic mass is 16.2. The van der Waals surface area contributed by atoms with Gasteiger partial charge in [-0.25, -0.2) is 4.79 Å². The second kappa shape index (κ2) is 6.41. The van der Waals surface area contributed by atoms with E-state index >= 15 is 0 Å². The number of carbonyl (C=O) groups excluding carboxylic acids is 2. The Morgan fingerprint density at radius 2 is 2.00 bits per heavy atom. The van der Waals surface area contributed by atoms with Crippen molar-refractivity contribution in [1.29, 1.82) is 0 Å². The first-order valence-electron chi connectivity index (χ1n) is 7.03. The second-order valence-corrected chi connectivity index (χ2v) is 5.41. The molecule has 5 nitrogen and oxygen atoms in total. The van der Waals surface area contributed by atoms with Gasteiger partial charge in [-0.3, -0.25) is 4.79 Å². The average Bonchev–Trinajstić information content (AvgIpc) is 2.41. The molecule has 1 saturated carbocycles. The van der Waals surface area contributed by atoms with Crippen LogP contribution in [0.15, 0.2) is 24.3 Å². The molecule has 1 aliphatic rings. The van der Waals surface area contributed by atoms with Crippen molar-refractivity contribution in [3.8, 4) is 0 Å². The molecule has 2 unspecified atom stereocenters. The van der Waals surface area contributed by atoms with Crippen molar-refractivity contribution in [3.05, 3.63) is 29.8 Å². The molecule has 1 aliphatic carbocycles. The lowest BCUT2D eigenvalue weighted by molar-refractivity contribution is 0.0910. The Morgan fingerprint density at radius 1 is 1.25 bits per heavy atom. The molecule has 3 amide bonds. The van der Waals surface area contributed by atoms with Gasteiger partial charge in [0.05, 0.1) is 0 Å². The van der Waals surface area contributed by atoms with Crippen LogP contribution in [0.3, 0.4) is 0 Å². The van der Waals surface area contributed by atoms with Crippen molar-refractivity contribution in [3.63, 3.8) is 0 Å². The van der Waals surface area contributed by atoms with Gasteiger partial charge in [0.25, 0.3) is 5.91 Å². The lowest BCUT2D eigenvalue weighted by atomic mass is 9.86. The first kappa shape index (κ1) is 14.4. The van der Waals surface area contributed by atoms with Gasteiger partial charge in [0, 0.05) is 17.3 Å². The summed E-state index contributed by atoms with van der Waals surface area (Å²) in [5.41, 5.74) is 6.13. The minimum absolute atomic E-state index is 0.100. The maximum atomic E-state index is 12.2. The number of nitrogens with two attached hydrogens (primary N) is 1. The van der Waals surface area contributed by atoms with E-state index in [-0.39, 0.29) is 11.9 Å². The summed E-state index contributed by atoms with van der Waals surface area (Å²) in [4.78, 5) is 23.1. The third kappa shape index (κ3) is 3.73. The standard InChI is InChI=1S/C15H21N3O2/c1-10-5-2-3-8-13(10)18-14(19)11-6-4-7-12(9-11)17-15(16)20/h4,6-7,9-10,13H,2-3,5,8H2,1H3,(H,18,19)(H3,16,17,20). The van der Waals surface area contributed by atoms with E-state index in [1.807, 2.05) is 0 Å². The summed E-state index contributed by atoms with van der Waals surface area (Å²) in [7, 11) is 0. The molecule has 20 heavy (non-hydrogen) atoms. The Balaban J connectivity index is 2.03. The van der Waals surface area contributed by atoms with Crippen LogP contribution in [0.2, 0.25) is 0 Å². The Kier molecular flexibility index (Phi) is 4.61. The van der Waals surface area contributed by atoms with Crippen molar-refractivity contribution in [2.75, 3.05) is 5.32 Å².